The van der Waals surface area contributed by atoms with E-state index < -0.39 is 6.61 Å². The van der Waals surface area contributed by atoms with Crippen molar-refractivity contribution < 1.29 is 23.0 Å². The molecular formula is C17H20F2IN3O3S. The second-order valence-corrected chi connectivity index (χ2v) is 6.35. The van der Waals surface area contributed by atoms with Crippen LogP contribution in [0.25, 0.3) is 0 Å². The van der Waals surface area contributed by atoms with Crippen molar-refractivity contribution >= 4 is 41.3 Å². The van der Waals surface area contributed by atoms with E-state index in [9.17, 15) is 8.78 Å². The fourth-order valence-corrected chi connectivity index (χ4v) is 3.03. The number of guanidine groups is 1. The van der Waals surface area contributed by atoms with Crippen LogP contribution in [0.5, 0.6) is 17.2 Å². The molecule has 1 aromatic heterocycles. The van der Waals surface area contributed by atoms with E-state index in [1.54, 1.807) is 17.4 Å². The summed E-state index contributed by atoms with van der Waals surface area (Å²) in [6.45, 7) is 0.541. The second-order valence-electron chi connectivity index (χ2n) is 5.32. The van der Waals surface area contributed by atoms with Crippen LogP contribution in [0.1, 0.15) is 17.4 Å². The Morgan fingerprint density at radius 2 is 2.07 bits per heavy atom. The summed E-state index contributed by atoms with van der Waals surface area (Å²) in [7, 11) is 0. The van der Waals surface area contributed by atoms with Crippen LogP contribution < -0.4 is 24.8 Å². The van der Waals surface area contributed by atoms with E-state index in [0.717, 1.165) is 0 Å². The fraction of sp³-hybridized carbons (Fsp3) is 0.353. The number of fused-ring (bicyclic) bond motifs is 1. The van der Waals surface area contributed by atoms with Gasteiger partial charge in [-0.3, -0.25) is 0 Å². The standard InChI is InChI=1S/C17H19F2N3O3S.HI/c1-2-20-17(22-9-12-4-3-5-26-12)21-8-11-6-14-15(24-10-23-14)7-13(11)25-16(18)19;/h3-7,16H,2,8-10H2,1H3,(H2,20,21,22);1H. The Kier molecular flexibility index (Phi) is 8.35. The molecule has 0 fully saturated rings. The lowest BCUT2D eigenvalue weighted by Crippen LogP contribution is -2.36. The zero-order chi connectivity index (χ0) is 18.4. The summed E-state index contributed by atoms with van der Waals surface area (Å²) < 4.78 is 40.5. The van der Waals surface area contributed by atoms with Gasteiger partial charge in [-0.15, -0.1) is 35.3 Å². The van der Waals surface area contributed by atoms with E-state index >= 15 is 0 Å². The van der Waals surface area contributed by atoms with Gasteiger partial charge in [0, 0.05) is 23.1 Å². The van der Waals surface area contributed by atoms with Gasteiger partial charge >= 0.3 is 6.61 Å². The first-order valence-corrected chi connectivity index (χ1v) is 8.95. The van der Waals surface area contributed by atoms with Gasteiger partial charge in [-0.2, -0.15) is 8.78 Å². The molecule has 2 aromatic rings. The molecule has 0 atom stereocenters. The molecule has 0 spiro atoms. The highest BCUT2D eigenvalue weighted by Crippen LogP contribution is 2.39. The summed E-state index contributed by atoms with van der Waals surface area (Å²) in [4.78, 5) is 5.62. The van der Waals surface area contributed by atoms with Crippen molar-refractivity contribution in [1.29, 1.82) is 0 Å². The van der Waals surface area contributed by atoms with Crippen molar-refractivity contribution in [2.75, 3.05) is 13.3 Å². The molecule has 0 saturated carbocycles. The minimum absolute atomic E-state index is 0. The smallest absolute Gasteiger partial charge is 0.387 e. The van der Waals surface area contributed by atoms with Crippen molar-refractivity contribution in [2.24, 2.45) is 4.99 Å². The Morgan fingerprint density at radius 1 is 1.30 bits per heavy atom. The Hall–Kier alpha value is -1.82. The lowest BCUT2D eigenvalue weighted by atomic mass is 10.1. The molecule has 3 rings (SSSR count). The summed E-state index contributed by atoms with van der Waals surface area (Å²) in [5.74, 6) is 1.49. The van der Waals surface area contributed by atoms with Crippen LogP contribution in [0.4, 0.5) is 8.78 Å². The highest BCUT2D eigenvalue weighted by Gasteiger charge is 2.20. The summed E-state index contributed by atoms with van der Waals surface area (Å²) >= 11 is 1.64. The number of nitrogens with one attached hydrogen (secondary N) is 2. The number of rotatable bonds is 7. The molecule has 1 aliphatic rings. The first-order chi connectivity index (χ1) is 12.7. The summed E-state index contributed by atoms with van der Waals surface area (Å²) in [5, 5.41) is 8.34. The normalized spacial score (nSPS) is 12.7. The fourth-order valence-electron chi connectivity index (χ4n) is 2.38. The number of nitrogens with zero attached hydrogens (tertiary/aromatic N) is 1. The molecule has 0 unspecified atom stereocenters. The van der Waals surface area contributed by atoms with Gasteiger partial charge in [-0.25, -0.2) is 4.99 Å². The van der Waals surface area contributed by atoms with E-state index in [4.69, 9.17) is 9.47 Å². The Balaban J connectivity index is 0.00000261. The maximum atomic E-state index is 12.7. The van der Waals surface area contributed by atoms with Gasteiger partial charge in [0.25, 0.3) is 0 Å². The zero-order valence-electron chi connectivity index (χ0n) is 14.5. The number of alkyl halides is 2. The number of hydrogen-bond acceptors (Lipinski definition) is 5. The molecule has 0 bridgehead atoms. The van der Waals surface area contributed by atoms with Crippen LogP contribution in [0.2, 0.25) is 0 Å². The van der Waals surface area contributed by atoms with Crippen molar-refractivity contribution in [2.45, 2.75) is 26.6 Å². The van der Waals surface area contributed by atoms with Gasteiger partial charge in [-0.05, 0) is 24.4 Å². The summed E-state index contributed by atoms with van der Waals surface area (Å²) in [6.07, 6.45) is 0. The van der Waals surface area contributed by atoms with Crippen LogP contribution in [0.3, 0.4) is 0 Å². The first kappa shape index (κ1) is 21.5. The van der Waals surface area contributed by atoms with Gasteiger partial charge in [-0.1, -0.05) is 6.07 Å². The molecule has 148 valence electrons. The third kappa shape index (κ3) is 6.09. The molecule has 0 saturated heterocycles. The molecule has 2 N–H and O–H groups in total. The van der Waals surface area contributed by atoms with Gasteiger partial charge < -0.3 is 24.8 Å². The van der Waals surface area contributed by atoms with E-state index in [0.29, 0.717) is 36.1 Å². The third-order valence-corrected chi connectivity index (χ3v) is 4.41. The maximum Gasteiger partial charge on any atom is 0.387 e. The predicted octanol–water partition coefficient (Wildman–Crippen LogP) is 3.95. The number of benzene rings is 1. The molecule has 1 aliphatic heterocycles. The number of halogens is 3. The van der Waals surface area contributed by atoms with Crippen LogP contribution in [-0.4, -0.2) is 25.9 Å². The quantitative estimate of drug-likeness (QED) is 0.335. The van der Waals surface area contributed by atoms with Crippen LogP contribution >= 0.6 is 35.3 Å². The Morgan fingerprint density at radius 3 is 2.74 bits per heavy atom. The van der Waals surface area contributed by atoms with E-state index in [-0.39, 0.29) is 43.1 Å². The maximum absolute atomic E-state index is 12.7. The number of ether oxygens (including phenoxy) is 3. The molecule has 6 nitrogen and oxygen atoms in total. The summed E-state index contributed by atoms with van der Waals surface area (Å²) in [5.41, 5.74) is 0.489. The number of hydrogen-bond donors (Lipinski definition) is 2. The average Bonchev–Trinajstić information content (AvgIpc) is 3.27. The van der Waals surface area contributed by atoms with Crippen LogP contribution in [0, 0.1) is 0 Å². The highest BCUT2D eigenvalue weighted by atomic mass is 127. The lowest BCUT2D eigenvalue weighted by Gasteiger charge is -2.13. The average molecular weight is 511 g/mol. The van der Waals surface area contributed by atoms with Crippen molar-refractivity contribution in [3.05, 3.63) is 40.1 Å². The number of aliphatic imine (C=N–C) groups is 1. The van der Waals surface area contributed by atoms with Gasteiger partial charge in [0.05, 0.1) is 13.1 Å². The molecular weight excluding hydrogens is 491 g/mol. The second kappa shape index (κ2) is 10.5. The van der Waals surface area contributed by atoms with Gasteiger partial charge in [0.15, 0.2) is 17.5 Å². The van der Waals surface area contributed by atoms with Crippen molar-refractivity contribution in [3.63, 3.8) is 0 Å². The molecule has 0 radical (unpaired) electrons. The highest BCUT2D eigenvalue weighted by molar-refractivity contribution is 14.0. The summed E-state index contributed by atoms with van der Waals surface area (Å²) in [6, 6.07) is 7.03. The molecule has 1 aromatic carbocycles. The van der Waals surface area contributed by atoms with Gasteiger partial charge in [0.2, 0.25) is 6.79 Å². The topological polar surface area (TPSA) is 64.1 Å². The third-order valence-electron chi connectivity index (χ3n) is 3.53. The van der Waals surface area contributed by atoms with Gasteiger partial charge in [0.1, 0.15) is 5.75 Å². The molecule has 0 amide bonds. The van der Waals surface area contributed by atoms with Crippen LogP contribution in [0.15, 0.2) is 34.6 Å². The first-order valence-electron chi connectivity index (χ1n) is 8.07. The molecule has 0 aliphatic carbocycles. The monoisotopic (exact) mass is 511 g/mol. The van der Waals surface area contributed by atoms with Crippen molar-refractivity contribution in [1.82, 2.24) is 10.6 Å². The van der Waals surface area contributed by atoms with E-state index in [1.165, 1.54) is 10.9 Å². The molecule has 2 heterocycles. The molecule has 27 heavy (non-hydrogen) atoms. The largest absolute Gasteiger partial charge is 0.454 e. The lowest BCUT2D eigenvalue weighted by molar-refractivity contribution is -0.0505. The minimum atomic E-state index is -2.93. The predicted molar refractivity (Wildman–Crippen MR) is 111 cm³/mol. The SMILES string of the molecule is CCNC(=NCc1cc2c(cc1OC(F)F)OCO2)NCc1cccs1.I. The van der Waals surface area contributed by atoms with Crippen molar-refractivity contribution in [3.8, 4) is 17.2 Å². The minimum Gasteiger partial charge on any atom is -0.454 e. The Bertz CT molecular complexity index is 760. The van der Waals surface area contributed by atoms with E-state index in [2.05, 4.69) is 20.4 Å². The van der Waals surface area contributed by atoms with E-state index in [1.807, 2.05) is 24.4 Å². The Labute approximate surface area is 176 Å². The van der Waals surface area contributed by atoms with Crippen LogP contribution in [-0.2, 0) is 13.1 Å². The molecule has 10 heteroatoms. The zero-order valence-corrected chi connectivity index (χ0v) is 17.7. The number of thiophene rings is 1.